The second-order valence-electron chi connectivity index (χ2n) is 4.92. The van der Waals surface area contributed by atoms with E-state index in [4.69, 9.17) is 4.74 Å². The van der Waals surface area contributed by atoms with Crippen molar-refractivity contribution in [2.45, 2.75) is 12.5 Å². The summed E-state index contributed by atoms with van der Waals surface area (Å²) in [5.41, 5.74) is 2.04. The molecule has 1 aliphatic rings. The first-order valence-corrected chi connectivity index (χ1v) is 6.78. The quantitative estimate of drug-likeness (QED) is 0.918. The molecular weight excluding hydrogens is 268 g/mol. The molecule has 1 N–H and O–H groups in total. The Balaban J connectivity index is 2.00. The Bertz CT molecular complexity index is 658. The van der Waals surface area contributed by atoms with Crippen molar-refractivity contribution in [1.82, 2.24) is 4.98 Å². The first-order chi connectivity index (χ1) is 10.2. The lowest BCUT2D eigenvalue weighted by atomic mass is 9.98. The normalized spacial score (nSPS) is 17.2. The number of hydrogen-bond donors (Lipinski definition) is 1. The molecule has 1 atom stereocenters. The summed E-state index contributed by atoms with van der Waals surface area (Å²) < 4.78 is 5.19. The molecule has 108 valence electrons. The highest BCUT2D eigenvalue weighted by atomic mass is 16.5. The number of methoxy groups -OCH3 is 1. The molecule has 0 spiro atoms. The number of carbonyl (C=O) groups excluding carboxylic acids is 1. The van der Waals surface area contributed by atoms with Gasteiger partial charge in [-0.2, -0.15) is 0 Å². The highest BCUT2D eigenvalue weighted by Gasteiger charge is 2.28. The van der Waals surface area contributed by atoms with Crippen molar-refractivity contribution >= 4 is 11.6 Å². The second-order valence-corrected chi connectivity index (χ2v) is 4.92. The Kier molecular flexibility index (Phi) is 3.58. The standard InChI is InChI=1S/C16H16N2O3/c1-21-12-2-3-14-13(10-12)15(19)6-9-18(14)16(20)11-4-7-17-8-5-11/h2-5,7-8,10,15,19H,6,9H2,1H3. The van der Waals surface area contributed by atoms with Gasteiger partial charge in [-0.15, -0.1) is 0 Å². The van der Waals surface area contributed by atoms with E-state index in [1.165, 1.54) is 0 Å². The van der Waals surface area contributed by atoms with E-state index in [1.807, 2.05) is 6.07 Å². The van der Waals surface area contributed by atoms with Gasteiger partial charge >= 0.3 is 0 Å². The lowest BCUT2D eigenvalue weighted by Crippen LogP contribution is -2.36. The Morgan fingerprint density at radius 1 is 1.33 bits per heavy atom. The minimum atomic E-state index is -0.573. The Hall–Kier alpha value is -2.40. The van der Waals surface area contributed by atoms with Gasteiger partial charge in [0.15, 0.2) is 0 Å². The van der Waals surface area contributed by atoms with Crippen LogP contribution < -0.4 is 9.64 Å². The molecule has 0 saturated heterocycles. The fourth-order valence-electron chi connectivity index (χ4n) is 2.56. The molecule has 5 heteroatoms. The molecule has 0 radical (unpaired) electrons. The Morgan fingerprint density at radius 2 is 2.10 bits per heavy atom. The molecule has 2 heterocycles. The zero-order chi connectivity index (χ0) is 14.8. The zero-order valence-electron chi connectivity index (χ0n) is 11.7. The lowest BCUT2D eigenvalue weighted by molar-refractivity contribution is 0.0970. The fraction of sp³-hybridized carbons (Fsp3) is 0.250. The molecule has 0 bridgehead atoms. The largest absolute Gasteiger partial charge is 0.497 e. The fourth-order valence-corrected chi connectivity index (χ4v) is 2.56. The van der Waals surface area contributed by atoms with Crippen LogP contribution in [0.5, 0.6) is 5.75 Å². The van der Waals surface area contributed by atoms with Crippen LogP contribution in [0, 0.1) is 0 Å². The summed E-state index contributed by atoms with van der Waals surface area (Å²) in [5.74, 6) is 0.585. The highest BCUT2D eigenvalue weighted by Crippen LogP contribution is 2.36. The van der Waals surface area contributed by atoms with Gasteiger partial charge in [0, 0.05) is 30.1 Å². The van der Waals surface area contributed by atoms with Gasteiger partial charge in [-0.1, -0.05) is 0 Å². The van der Waals surface area contributed by atoms with Crippen molar-refractivity contribution in [2.24, 2.45) is 0 Å². The van der Waals surface area contributed by atoms with Gasteiger partial charge in [0.25, 0.3) is 5.91 Å². The van der Waals surface area contributed by atoms with Crippen molar-refractivity contribution in [2.75, 3.05) is 18.6 Å². The van der Waals surface area contributed by atoms with E-state index in [2.05, 4.69) is 4.98 Å². The van der Waals surface area contributed by atoms with Gasteiger partial charge < -0.3 is 14.7 Å². The van der Waals surface area contributed by atoms with Gasteiger partial charge in [-0.25, -0.2) is 0 Å². The summed E-state index contributed by atoms with van der Waals surface area (Å²) in [6.45, 7) is 0.488. The monoisotopic (exact) mass is 284 g/mol. The van der Waals surface area contributed by atoms with Crippen LogP contribution in [-0.4, -0.2) is 29.7 Å². The number of ether oxygens (including phenoxy) is 1. The van der Waals surface area contributed by atoms with Crippen LogP contribution in [0.2, 0.25) is 0 Å². The third kappa shape index (κ3) is 2.48. The number of benzene rings is 1. The van der Waals surface area contributed by atoms with Gasteiger partial charge in [-0.3, -0.25) is 9.78 Å². The number of rotatable bonds is 2. The maximum Gasteiger partial charge on any atom is 0.258 e. The van der Waals surface area contributed by atoms with E-state index in [0.717, 1.165) is 11.3 Å². The maximum absolute atomic E-state index is 12.6. The topological polar surface area (TPSA) is 62.7 Å². The highest BCUT2D eigenvalue weighted by molar-refractivity contribution is 6.06. The van der Waals surface area contributed by atoms with Gasteiger partial charge in [-0.05, 0) is 36.8 Å². The molecule has 0 saturated carbocycles. The van der Waals surface area contributed by atoms with Crippen molar-refractivity contribution in [3.05, 3.63) is 53.9 Å². The number of hydrogen-bond acceptors (Lipinski definition) is 4. The summed E-state index contributed by atoms with van der Waals surface area (Å²) in [6.07, 6.45) is 3.13. The zero-order valence-corrected chi connectivity index (χ0v) is 11.7. The van der Waals surface area contributed by atoms with E-state index >= 15 is 0 Å². The molecule has 1 aromatic heterocycles. The number of aromatic nitrogens is 1. The third-order valence-electron chi connectivity index (χ3n) is 3.68. The SMILES string of the molecule is COc1ccc2c(c1)C(O)CCN2C(=O)c1ccncc1. The molecule has 1 aromatic carbocycles. The number of amides is 1. The molecular formula is C16H16N2O3. The summed E-state index contributed by atoms with van der Waals surface area (Å²) in [7, 11) is 1.58. The van der Waals surface area contributed by atoms with Gasteiger partial charge in [0.2, 0.25) is 0 Å². The number of carbonyl (C=O) groups is 1. The predicted molar refractivity (Wildman–Crippen MR) is 78.5 cm³/mol. The minimum Gasteiger partial charge on any atom is -0.497 e. The van der Waals surface area contributed by atoms with Crippen molar-refractivity contribution in [1.29, 1.82) is 0 Å². The first kappa shape index (κ1) is 13.6. The number of aliphatic hydroxyl groups is 1. The number of fused-ring (bicyclic) bond motifs is 1. The first-order valence-electron chi connectivity index (χ1n) is 6.78. The molecule has 0 fully saturated rings. The lowest BCUT2D eigenvalue weighted by Gasteiger charge is -2.32. The van der Waals surface area contributed by atoms with E-state index in [0.29, 0.717) is 24.3 Å². The van der Waals surface area contributed by atoms with Crippen LogP contribution in [0.4, 0.5) is 5.69 Å². The van der Waals surface area contributed by atoms with Crippen LogP contribution in [0.15, 0.2) is 42.7 Å². The summed E-state index contributed by atoms with van der Waals surface area (Å²) in [6, 6.07) is 8.78. The molecule has 21 heavy (non-hydrogen) atoms. The minimum absolute atomic E-state index is 0.0873. The second kappa shape index (κ2) is 5.54. The third-order valence-corrected chi connectivity index (χ3v) is 3.68. The number of anilines is 1. The van der Waals surface area contributed by atoms with Crippen molar-refractivity contribution in [3.63, 3.8) is 0 Å². The van der Waals surface area contributed by atoms with Crippen LogP contribution in [0.3, 0.4) is 0 Å². The van der Waals surface area contributed by atoms with E-state index in [1.54, 1.807) is 48.7 Å². The smallest absolute Gasteiger partial charge is 0.258 e. The van der Waals surface area contributed by atoms with Crippen molar-refractivity contribution in [3.8, 4) is 5.75 Å². The number of aliphatic hydroxyl groups excluding tert-OH is 1. The number of nitrogens with zero attached hydrogens (tertiary/aromatic N) is 2. The van der Waals surface area contributed by atoms with Crippen LogP contribution in [0.25, 0.3) is 0 Å². The molecule has 1 unspecified atom stereocenters. The average molecular weight is 284 g/mol. The average Bonchev–Trinajstić information content (AvgIpc) is 2.55. The van der Waals surface area contributed by atoms with E-state index in [9.17, 15) is 9.90 Å². The Labute approximate surface area is 122 Å². The van der Waals surface area contributed by atoms with Gasteiger partial charge in [0.1, 0.15) is 5.75 Å². The summed E-state index contributed by atoms with van der Waals surface area (Å²) >= 11 is 0. The van der Waals surface area contributed by atoms with Crippen LogP contribution >= 0.6 is 0 Å². The van der Waals surface area contributed by atoms with Crippen LogP contribution in [-0.2, 0) is 0 Å². The molecule has 1 aliphatic heterocycles. The van der Waals surface area contributed by atoms with E-state index in [-0.39, 0.29) is 5.91 Å². The predicted octanol–water partition coefficient (Wildman–Crippen LogP) is 2.17. The molecule has 5 nitrogen and oxygen atoms in total. The molecule has 1 amide bonds. The van der Waals surface area contributed by atoms with Crippen molar-refractivity contribution < 1.29 is 14.6 Å². The molecule has 0 aliphatic carbocycles. The number of pyridine rings is 1. The van der Waals surface area contributed by atoms with E-state index < -0.39 is 6.10 Å². The van der Waals surface area contributed by atoms with Crippen LogP contribution in [0.1, 0.15) is 28.4 Å². The van der Waals surface area contributed by atoms with Gasteiger partial charge in [0.05, 0.1) is 18.9 Å². The molecule has 3 rings (SSSR count). The summed E-state index contributed by atoms with van der Waals surface area (Å²) in [5, 5.41) is 10.1. The molecule has 2 aromatic rings. The Morgan fingerprint density at radius 3 is 2.81 bits per heavy atom. The summed E-state index contributed by atoms with van der Waals surface area (Å²) in [4.78, 5) is 18.2. The maximum atomic E-state index is 12.6.